The van der Waals surface area contributed by atoms with E-state index in [4.69, 9.17) is 11.6 Å². The molecule has 1 N–H and O–H groups in total. The van der Waals surface area contributed by atoms with E-state index in [1.54, 1.807) is 18.2 Å². The van der Waals surface area contributed by atoms with Gasteiger partial charge in [-0.1, -0.05) is 18.2 Å². The van der Waals surface area contributed by atoms with E-state index in [2.05, 4.69) is 5.32 Å². The number of nitrogens with one attached hydrogen (secondary N) is 1. The smallest absolute Gasteiger partial charge is 0.235 e. The summed E-state index contributed by atoms with van der Waals surface area (Å²) in [6.07, 6.45) is 2.29. The largest absolute Gasteiger partial charge is 0.339 e. The second kappa shape index (κ2) is 5.70. The van der Waals surface area contributed by atoms with Crippen molar-refractivity contribution in [1.82, 2.24) is 5.32 Å². The van der Waals surface area contributed by atoms with E-state index in [-0.39, 0.29) is 17.2 Å². The van der Waals surface area contributed by atoms with Crippen LogP contribution in [0, 0.1) is 5.82 Å². The normalized spacial score (nSPS) is 23.2. The standard InChI is InChI=1S/C14H15ClFNO2/c15-9-13(19)17-14(8-4-3-7-12(14)18)10-5-1-2-6-11(10)16/h1-2,5-6H,3-4,7-9H2,(H,17,19). The van der Waals surface area contributed by atoms with Crippen LogP contribution in [0.5, 0.6) is 0 Å². The summed E-state index contributed by atoms with van der Waals surface area (Å²) in [4.78, 5) is 23.9. The van der Waals surface area contributed by atoms with Gasteiger partial charge in [-0.25, -0.2) is 4.39 Å². The molecule has 0 bridgehead atoms. The molecule has 1 aromatic rings. The Morgan fingerprint density at radius 3 is 2.74 bits per heavy atom. The van der Waals surface area contributed by atoms with E-state index < -0.39 is 17.3 Å². The van der Waals surface area contributed by atoms with Crippen LogP contribution in [0.4, 0.5) is 4.39 Å². The molecular formula is C14H15ClFNO2. The van der Waals surface area contributed by atoms with Gasteiger partial charge in [-0.3, -0.25) is 9.59 Å². The Bertz CT molecular complexity index is 506. The van der Waals surface area contributed by atoms with E-state index in [0.717, 1.165) is 12.8 Å². The number of carbonyl (C=O) groups is 2. The maximum absolute atomic E-state index is 14.0. The summed E-state index contributed by atoms with van der Waals surface area (Å²) in [5.74, 6) is -1.33. The maximum atomic E-state index is 14.0. The highest BCUT2D eigenvalue weighted by Crippen LogP contribution is 2.35. The molecule has 1 aliphatic rings. The monoisotopic (exact) mass is 283 g/mol. The fraction of sp³-hybridized carbons (Fsp3) is 0.429. The SMILES string of the molecule is O=C(CCl)NC1(c2ccccc2F)CCCCC1=O. The number of halogens is 2. The third-order valence-electron chi connectivity index (χ3n) is 3.49. The highest BCUT2D eigenvalue weighted by atomic mass is 35.5. The predicted molar refractivity (Wildman–Crippen MR) is 70.4 cm³/mol. The topological polar surface area (TPSA) is 46.2 Å². The Morgan fingerprint density at radius 1 is 1.37 bits per heavy atom. The molecule has 102 valence electrons. The highest BCUT2D eigenvalue weighted by molar-refractivity contribution is 6.27. The number of Topliss-reactive ketones (excluding diaryl/α,β-unsaturated/α-hetero) is 1. The van der Waals surface area contributed by atoms with Gasteiger partial charge < -0.3 is 5.32 Å². The van der Waals surface area contributed by atoms with Crippen molar-refractivity contribution >= 4 is 23.3 Å². The molecule has 1 aromatic carbocycles. The summed E-state index contributed by atoms with van der Waals surface area (Å²) in [5, 5.41) is 2.63. The van der Waals surface area contributed by atoms with Crippen molar-refractivity contribution in [2.24, 2.45) is 0 Å². The first-order valence-electron chi connectivity index (χ1n) is 6.25. The molecular weight excluding hydrogens is 269 g/mol. The van der Waals surface area contributed by atoms with Crippen molar-refractivity contribution in [2.45, 2.75) is 31.2 Å². The van der Waals surface area contributed by atoms with E-state index in [1.807, 2.05) is 0 Å². The van der Waals surface area contributed by atoms with Gasteiger partial charge in [-0.2, -0.15) is 0 Å². The van der Waals surface area contributed by atoms with Gasteiger partial charge in [0.1, 0.15) is 17.2 Å². The molecule has 0 saturated heterocycles. The van der Waals surface area contributed by atoms with E-state index in [9.17, 15) is 14.0 Å². The Hall–Kier alpha value is -1.42. The highest BCUT2D eigenvalue weighted by Gasteiger charge is 2.44. The van der Waals surface area contributed by atoms with Crippen LogP contribution in [0.3, 0.4) is 0 Å². The number of carbonyl (C=O) groups excluding carboxylic acids is 2. The quantitative estimate of drug-likeness (QED) is 0.867. The van der Waals surface area contributed by atoms with Crippen LogP contribution in [0.25, 0.3) is 0 Å². The van der Waals surface area contributed by atoms with Crippen LogP contribution >= 0.6 is 11.6 Å². The lowest BCUT2D eigenvalue weighted by Gasteiger charge is -2.37. The third kappa shape index (κ3) is 2.63. The molecule has 0 heterocycles. The fourth-order valence-electron chi connectivity index (χ4n) is 2.59. The molecule has 3 nitrogen and oxygen atoms in total. The van der Waals surface area contributed by atoms with Gasteiger partial charge in [-0.15, -0.1) is 11.6 Å². The van der Waals surface area contributed by atoms with Gasteiger partial charge in [0.15, 0.2) is 5.78 Å². The number of hydrogen-bond donors (Lipinski definition) is 1. The Balaban J connectivity index is 2.47. The second-order valence-electron chi connectivity index (χ2n) is 4.70. The zero-order chi connectivity index (χ0) is 13.9. The van der Waals surface area contributed by atoms with Crippen LogP contribution < -0.4 is 5.32 Å². The molecule has 0 spiro atoms. The van der Waals surface area contributed by atoms with Crippen molar-refractivity contribution in [3.8, 4) is 0 Å². The molecule has 2 rings (SSSR count). The first kappa shape index (κ1) is 14.0. The van der Waals surface area contributed by atoms with Gasteiger partial charge in [0.25, 0.3) is 0 Å². The summed E-state index contributed by atoms with van der Waals surface area (Å²) in [7, 11) is 0. The van der Waals surface area contributed by atoms with Crippen LogP contribution in [0.2, 0.25) is 0 Å². The number of rotatable bonds is 3. The first-order chi connectivity index (χ1) is 9.10. The minimum absolute atomic E-state index is 0.151. The third-order valence-corrected chi connectivity index (χ3v) is 3.73. The zero-order valence-corrected chi connectivity index (χ0v) is 11.2. The molecule has 1 aliphatic carbocycles. The molecule has 0 radical (unpaired) electrons. The molecule has 1 atom stereocenters. The number of amides is 1. The number of hydrogen-bond acceptors (Lipinski definition) is 2. The van der Waals surface area contributed by atoms with Crippen molar-refractivity contribution in [2.75, 3.05) is 5.88 Å². The Kier molecular flexibility index (Phi) is 4.20. The van der Waals surface area contributed by atoms with Crippen LogP contribution in [0.15, 0.2) is 24.3 Å². The average Bonchev–Trinajstić information content (AvgIpc) is 2.42. The maximum Gasteiger partial charge on any atom is 0.235 e. The fourth-order valence-corrected chi connectivity index (χ4v) is 2.66. The van der Waals surface area contributed by atoms with Crippen LogP contribution in [-0.4, -0.2) is 17.6 Å². The summed E-state index contributed by atoms with van der Waals surface area (Å²) in [5.41, 5.74) is -1.02. The van der Waals surface area contributed by atoms with Gasteiger partial charge in [0.2, 0.25) is 5.91 Å². The van der Waals surface area contributed by atoms with Crippen molar-refractivity contribution < 1.29 is 14.0 Å². The number of ketones is 1. The molecule has 0 aliphatic heterocycles. The lowest BCUT2D eigenvalue weighted by atomic mass is 9.75. The lowest BCUT2D eigenvalue weighted by molar-refractivity contribution is -0.133. The van der Waals surface area contributed by atoms with E-state index in [0.29, 0.717) is 12.8 Å². The van der Waals surface area contributed by atoms with E-state index >= 15 is 0 Å². The average molecular weight is 284 g/mol. The minimum atomic E-state index is -1.25. The molecule has 1 unspecified atom stereocenters. The van der Waals surface area contributed by atoms with Crippen molar-refractivity contribution in [3.63, 3.8) is 0 Å². The van der Waals surface area contributed by atoms with Gasteiger partial charge >= 0.3 is 0 Å². The van der Waals surface area contributed by atoms with Gasteiger partial charge in [0.05, 0.1) is 0 Å². The number of benzene rings is 1. The molecule has 1 fully saturated rings. The predicted octanol–water partition coefficient (Wildman–Crippen LogP) is 2.52. The lowest BCUT2D eigenvalue weighted by Crippen LogP contribution is -2.54. The molecule has 1 amide bonds. The van der Waals surface area contributed by atoms with Crippen molar-refractivity contribution in [1.29, 1.82) is 0 Å². The summed E-state index contributed by atoms with van der Waals surface area (Å²) in [6.45, 7) is 0. The van der Waals surface area contributed by atoms with Crippen LogP contribution in [-0.2, 0) is 15.1 Å². The van der Waals surface area contributed by atoms with Crippen molar-refractivity contribution in [3.05, 3.63) is 35.6 Å². The second-order valence-corrected chi connectivity index (χ2v) is 4.96. The summed E-state index contributed by atoms with van der Waals surface area (Å²) in [6, 6.07) is 6.07. The molecule has 1 saturated carbocycles. The minimum Gasteiger partial charge on any atom is -0.339 e. The van der Waals surface area contributed by atoms with E-state index in [1.165, 1.54) is 6.07 Å². The van der Waals surface area contributed by atoms with Gasteiger partial charge in [-0.05, 0) is 25.3 Å². The summed E-state index contributed by atoms with van der Waals surface area (Å²) < 4.78 is 14.0. The first-order valence-corrected chi connectivity index (χ1v) is 6.79. The molecule has 0 aromatic heterocycles. The Morgan fingerprint density at radius 2 is 2.11 bits per heavy atom. The zero-order valence-electron chi connectivity index (χ0n) is 10.4. The van der Waals surface area contributed by atoms with Crippen LogP contribution in [0.1, 0.15) is 31.2 Å². The Labute approximate surface area is 116 Å². The van der Waals surface area contributed by atoms with Gasteiger partial charge in [0, 0.05) is 12.0 Å². The summed E-state index contributed by atoms with van der Waals surface area (Å²) >= 11 is 5.49. The molecule has 19 heavy (non-hydrogen) atoms. The molecule has 5 heteroatoms. The number of alkyl halides is 1.